The average molecular weight is 200 g/mol. The molecular weight excluding hydrogens is 190 g/mol. The van der Waals surface area contributed by atoms with E-state index >= 15 is 0 Å². The minimum absolute atomic E-state index is 0.261. The zero-order valence-electron chi connectivity index (χ0n) is 7.63. The van der Waals surface area contributed by atoms with Crippen LogP contribution in [-0.2, 0) is 11.2 Å². The second kappa shape index (κ2) is 3.74. The van der Waals surface area contributed by atoms with Crippen molar-refractivity contribution in [3.63, 3.8) is 0 Å². The van der Waals surface area contributed by atoms with E-state index in [1.54, 1.807) is 0 Å². The van der Waals surface area contributed by atoms with Crippen molar-refractivity contribution < 1.29 is 18.7 Å². The number of aliphatic carboxylic acids is 1. The highest BCUT2D eigenvalue weighted by Crippen LogP contribution is 2.18. The van der Waals surface area contributed by atoms with Crippen molar-refractivity contribution in [1.82, 2.24) is 0 Å². The van der Waals surface area contributed by atoms with Gasteiger partial charge in [0.05, 0.1) is 0 Å². The lowest BCUT2D eigenvalue weighted by Crippen LogP contribution is -2.32. The van der Waals surface area contributed by atoms with Crippen molar-refractivity contribution in [3.05, 3.63) is 35.6 Å². The standard InChI is InChI=1S/C10H10F2O2/c1-10(12,9(13)14)6-7-2-4-8(11)5-3-7/h2-5H,6H2,1H3,(H,13,14). The summed E-state index contributed by atoms with van der Waals surface area (Å²) in [5, 5.41) is 8.51. The van der Waals surface area contributed by atoms with Crippen LogP contribution in [0.4, 0.5) is 8.78 Å². The maximum absolute atomic E-state index is 13.3. The van der Waals surface area contributed by atoms with Gasteiger partial charge in [0.25, 0.3) is 0 Å². The van der Waals surface area contributed by atoms with Crippen LogP contribution in [0, 0.1) is 5.82 Å². The molecule has 0 aliphatic rings. The fourth-order valence-electron chi connectivity index (χ4n) is 1.06. The monoisotopic (exact) mass is 200 g/mol. The Morgan fingerprint density at radius 2 is 1.93 bits per heavy atom. The highest BCUT2D eigenvalue weighted by Gasteiger charge is 2.32. The molecule has 0 heterocycles. The summed E-state index contributed by atoms with van der Waals surface area (Å²) >= 11 is 0. The molecule has 2 nitrogen and oxygen atoms in total. The molecule has 14 heavy (non-hydrogen) atoms. The van der Waals surface area contributed by atoms with Gasteiger partial charge in [0.1, 0.15) is 5.82 Å². The van der Waals surface area contributed by atoms with E-state index in [0.29, 0.717) is 5.56 Å². The molecule has 0 saturated heterocycles. The van der Waals surface area contributed by atoms with E-state index in [-0.39, 0.29) is 6.42 Å². The van der Waals surface area contributed by atoms with Crippen molar-refractivity contribution in [2.24, 2.45) is 0 Å². The first kappa shape index (κ1) is 10.6. The largest absolute Gasteiger partial charge is 0.479 e. The summed E-state index contributed by atoms with van der Waals surface area (Å²) in [6, 6.07) is 5.09. The minimum Gasteiger partial charge on any atom is -0.479 e. The molecule has 0 saturated carbocycles. The number of carbonyl (C=O) groups is 1. The summed E-state index contributed by atoms with van der Waals surface area (Å²) in [5.41, 5.74) is -1.85. The third kappa shape index (κ3) is 2.52. The Labute approximate surface area is 80.2 Å². The normalized spacial score (nSPS) is 14.8. The van der Waals surface area contributed by atoms with Gasteiger partial charge in [-0.3, -0.25) is 0 Å². The highest BCUT2D eigenvalue weighted by atomic mass is 19.1. The van der Waals surface area contributed by atoms with Gasteiger partial charge in [0.15, 0.2) is 0 Å². The third-order valence-electron chi connectivity index (χ3n) is 1.90. The van der Waals surface area contributed by atoms with Gasteiger partial charge in [0, 0.05) is 6.42 Å². The molecule has 1 N–H and O–H groups in total. The van der Waals surface area contributed by atoms with E-state index in [9.17, 15) is 13.6 Å². The predicted molar refractivity (Wildman–Crippen MR) is 47.3 cm³/mol. The van der Waals surface area contributed by atoms with Crippen LogP contribution in [0.15, 0.2) is 24.3 Å². The predicted octanol–water partition coefficient (Wildman–Crippen LogP) is 2.18. The quantitative estimate of drug-likeness (QED) is 0.811. The molecular formula is C10H10F2O2. The zero-order chi connectivity index (χ0) is 10.8. The maximum Gasteiger partial charge on any atom is 0.341 e. The number of halogens is 2. The first-order valence-corrected chi connectivity index (χ1v) is 4.08. The molecule has 1 unspecified atom stereocenters. The molecule has 0 aromatic heterocycles. The van der Waals surface area contributed by atoms with Gasteiger partial charge >= 0.3 is 5.97 Å². The van der Waals surface area contributed by atoms with Crippen molar-refractivity contribution in [2.75, 3.05) is 0 Å². The molecule has 1 rings (SSSR count). The van der Waals surface area contributed by atoms with E-state index < -0.39 is 17.5 Å². The zero-order valence-corrected chi connectivity index (χ0v) is 7.63. The van der Waals surface area contributed by atoms with Crippen LogP contribution < -0.4 is 0 Å². The Morgan fingerprint density at radius 1 is 1.43 bits per heavy atom. The maximum atomic E-state index is 13.3. The second-order valence-electron chi connectivity index (χ2n) is 3.31. The SMILES string of the molecule is CC(F)(Cc1ccc(F)cc1)C(=O)O. The van der Waals surface area contributed by atoms with Gasteiger partial charge < -0.3 is 5.11 Å². The van der Waals surface area contributed by atoms with Crippen LogP contribution in [0.3, 0.4) is 0 Å². The molecule has 76 valence electrons. The molecule has 0 bridgehead atoms. The van der Waals surface area contributed by atoms with E-state index in [1.165, 1.54) is 24.3 Å². The van der Waals surface area contributed by atoms with Crippen LogP contribution in [-0.4, -0.2) is 16.7 Å². The summed E-state index contributed by atoms with van der Waals surface area (Å²) < 4.78 is 25.8. The smallest absolute Gasteiger partial charge is 0.341 e. The fraction of sp³-hybridized carbons (Fsp3) is 0.300. The van der Waals surface area contributed by atoms with Gasteiger partial charge in [-0.1, -0.05) is 12.1 Å². The first-order chi connectivity index (χ1) is 6.42. The van der Waals surface area contributed by atoms with Crippen molar-refractivity contribution in [1.29, 1.82) is 0 Å². The number of rotatable bonds is 3. The Bertz CT molecular complexity index is 330. The van der Waals surface area contributed by atoms with E-state index in [2.05, 4.69) is 0 Å². The lowest BCUT2D eigenvalue weighted by Gasteiger charge is -2.14. The molecule has 0 aliphatic heterocycles. The topological polar surface area (TPSA) is 37.3 Å². The Kier molecular flexibility index (Phi) is 2.84. The van der Waals surface area contributed by atoms with Gasteiger partial charge in [-0.05, 0) is 24.6 Å². The van der Waals surface area contributed by atoms with E-state index in [1.807, 2.05) is 0 Å². The molecule has 4 heteroatoms. The van der Waals surface area contributed by atoms with Crippen LogP contribution >= 0.6 is 0 Å². The molecule has 1 aromatic rings. The number of carboxylic acid groups (broad SMARTS) is 1. The second-order valence-corrected chi connectivity index (χ2v) is 3.31. The van der Waals surface area contributed by atoms with E-state index in [0.717, 1.165) is 6.92 Å². The minimum atomic E-state index is -2.31. The molecule has 0 amide bonds. The van der Waals surface area contributed by atoms with Crippen molar-refractivity contribution in [3.8, 4) is 0 Å². The summed E-state index contributed by atoms with van der Waals surface area (Å²) in [7, 11) is 0. The highest BCUT2D eigenvalue weighted by molar-refractivity contribution is 5.77. The van der Waals surface area contributed by atoms with Gasteiger partial charge in [0.2, 0.25) is 5.67 Å². The molecule has 1 aromatic carbocycles. The number of benzene rings is 1. The van der Waals surface area contributed by atoms with Gasteiger partial charge in [-0.25, -0.2) is 13.6 Å². The van der Waals surface area contributed by atoms with Gasteiger partial charge in [-0.15, -0.1) is 0 Å². The lowest BCUT2D eigenvalue weighted by molar-refractivity contribution is -0.149. The van der Waals surface area contributed by atoms with Crippen LogP contribution in [0.25, 0.3) is 0 Å². The molecule has 1 atom stereocenters. The molecule has 0 spiro atoms. The fourth-order valence-corrected chi connectivity index (χ4v) is 1.06. The number of hydrogen-bond acceptors (Lipinski definition) is 1. The molecule has 0 aliphatic carbocycles. The Morgan fingerprint density at radius 3 is 2.36 bits per heavy atom. The van der Waals surface area contributed by atoms with E-state index in [4.69, 9.17) is 5.11 Å². The van der Waals surface area contributed by atoms with Crippen LogP contribution in [0.1, 0.15) is 12.5 Å². The summed E-state index contributed by atoms with van der Waals surface area (Å²) in [6.07, 6.45) is -0.261. The lowest BCUT2D eigenvalue weighted by atomic mass is 9.98. The first-order valence-electron chi connectivity index (χ1n) is 4.08. The van der Waals surface area contributed by atoms with Crippen LogP contribution in [0.2, 0.25) is 0 Å². The summed E-state index contributed by atoms with van der Waals surface area (Å²) in [4.78, 5) is 10.4. The van der Waals surface area contributed by atoms with Crippen molar-refractivity contribution >= 4 is 5.97 Å². The number of alkyl halides is 1. The van der Waals surface area contributed by atoms with Crippen LogP contribution in [0.5, 0.6) is 0 Å². The molecule has 0 radical (unpaired) electrons. The van der Waals surface area contributed by atoms with Gasteiger partial charge in [-0.2, -0.15) is 0 Å². The Hall–Kier alpha value is -1.45. The number of carboxylic acids is 1. The molecule has 0 fully saturated rings. The average Bonchev–Trinajstić information content (AvgIpc) is 2.08. The summed E-state index contributed by atoms with van der Waals surface area (Å²) in [5.74, 6) is -1.94. The number of hydrogen-bond donors (Lipinski definition) is 1. The Balaban J connectivity index is 2.79. The summed E-state index contributed by atoms with van der Waals surface area (Å²) in [6.45, 7) is 0.985. The third-order valence-corrected chi connectivity index (χ3v) is 1.90. The van der Waals surface area contributed by atoms with Crippen molar-refractivity contribution in [2.45, 2.75) is 19.0 Å².